The van der Waals surface area contributed by atoms with Crippen LogP contribution in [0.3, 0.4) is 0 Å². The first-order valence-corrected chi connectivity index (χ1v) is 11.3. The Hall–Kier alpha value is -4.11. The molecule has 0 saturated carbocycles. The second-order valence-corrected chi connectivity index (χ2v) is 9.01. The maximum atomic E-state index is 13.3. The topological polar surface area (TPSA) is 187 Å². The number of sulfonamides is 1. The quantitative estimate of drug-likeness (QED) is 0.228. The first-order chi connectivity index (χ1) is 16.6. The van der Waals surface area contributed by atoms with Crippen molar-refractivity contribution in [3.05, 3.63) is 59.8 Å². The van der Waals surface area contributed by atoms with Gasteiger partial charge in [-0.15, -0.1) is 0 Å². The fourth-order valence-corrected chi connectivity index (χ4v) is 4.39. The lowest BCUT2D eigenvalue weighted by molar-refractivity contribution is -0.192. The monoisotopic (exact) mass is 547 g/mol. The summed E-state index contributed by atoms with van der Waals surface area (Å²) in [6.07, 6.45) is -3.73. The van der Waals surface area contributed by atoms with Crippen LogP contribution < -0.4 is 15.4 Å². The second-order valence-electron chi connectivity index (χ2n) is 6.74. The molecule has 0 fully saturated rings. The SMILES string of the molecule is N=C(N)Nc1ncc(Cl)c2ccc(S(=O)(=O)N(CC(=O)O)c3ccccc3)cc12.O=C(O)C(F)(F)F. The molecular formula is C20H17ClF3N5O6S. The molecule has 36 heavy (non-hydrogen) atoms. The van der Waals surface area contributed by atoms with Gasteiger partial charge >= 0.3 is 18.1 Å². The zero-order valence-electron chi connectivity index (χ0n) is 17.8. The lowest BCUT2D eigenvalue weighted by Crippen LogP contribution is -2.35. The number of rotatable bonds is 6. The number of aliphatic carboxylic acids is 2. The minimum Gasteiger partial charge on any atom is -0.480 e. The van der Waals surface area contributed by atoms with Crippen molar-refractivity contribution in [2.45, 2.75) is 11.1 Å². The molecule has 192 valence electrons. The summed E-state index contributed by atoms with van der Waals surface area (Å²) >= 11 is 6.15. The van der Waals surface area contributed by atoms with Gasteiger partial charge in [0.1, 0.15) is 12.4 Å². The Kier molecular flexibility index (Phi) is 8.66. The summed E-state index contributed by atoms with van der Waals surface area (Å²) < 4.78 is 59.0. The molecule has 0 spiro atoms. The normalized spacial score (nSPS) is 11.2. The van der Waals surface area contributed by atoms with E-state index in [1.165, 1.54) is 36.5 Å². The van der Waals surface area contributed by atoms with Crippen LogP contribution in [0, 0.1) is 5.41 Å². The van der Waals surface area contributed by atoms with E-state index in [0.717, 1.165) is 4.31 Å². The van der Waals surface area contributed by atoms with Crippen LogP contribution in [0.5, 0.6) is 0 Å². The number of anilines is 2. The van der Waals surface area contributed by atoms with Crippen LogP contribution >= 0.6 is 11.6 Å². The van der Waals surface area contributed by atoms with Gasteiger partial charge in [0.25, 0.3) is 10.0 Å². The fourth-order valence-electron chi connectivity index (χ4n) is 2.73. The van der Waals surface area contributed by atoms with Crippen molar-refractivity contribution >= 4 is 61.8 Å². The van der Waals surface area contributed by atoms with E-state index < -0.39 is 34.7 Å². The number of aromatic nitrogens is 1. The number of halogens is 4. The van der Waals surface area contributed by atoms with Gasteiger partial charge in [-0.2, -0.15) is 13.2 Å². The van der Waals surface area contributed by atoms with Crippen molar-refractivity contribution in [3.8, 4) is 0 Å². The van der Waals surface area contributed by atoms with Crippen molar-refractivity contribution in [1.82, 2.24) is 4.98 Å². The summed E-state index contributed by atoms with van der Waals surface area (Å²) in [6.45, 7) is -0.753. The number of nitrogens with zero attached hydrogens (tertiary/aromatic N) is 2. The molecule has 1 heterocycles. The summed E-state index contributed by atoms with van der Waals surface area (Å²) in [5.41, 5.74) is 5.57. The Labute approximate surface area is 206 Å². The number of carboxylic acid groups (broad SMARTS) is 2. The van der Waals surface area contributed by atoms with E-state index in [1.54, 1.807) is 18.2 Å². The van der Waals surface area contributed by atoms with Crippen molar-refractivity contribution in [2.75, 3.05) is 16.2 Å². The molecule has 0 aliphatic rings. The molecule has 0 unspecified atom stereocenters. The standard InChI is InChI=1S/C18H16ClN5O4S.C2HF3O2/c19-15-9-22-17(23-18(20)21)14-8-12(6-7-13(14)15)29(27,28)24(10-16(25)26)11-4-2-1-3-5-11;3-2(4,5)1(6)7/h1-9H,10H2,(H,25,26)(H4,20,21,22,23);(H,6,7). The molecule has 11 nitrogen and oxygen atoms in total. The number of para-hydroxylation sites is 1. The van der Waals surface area contributed by atoms with Crippen LogP contribution in [-0.2, 0) is 19.6 Å². The van der Waals surface area contributed by atoms with Crippen LogP contribution in [0.4, 0.5) is 24.7 Å². The van der Waals surface area contributed by atoms with E-state index in [2.05, 4.69) is 10.3 Å². The van der Waals surface area contributed by atoms with Crippen molar-refractivity contribution in [2.24, 2.45) is 5.73 Å². The molecule has 0 amide bonds. The third-order valence-electron chi connectivity index (χ3n) is 4.22. The Balaban J connectivity index is 0.000000572. The van der Waals surface area contributed by atoms with E-state index in [4.69, 9.17) is 32.6 Å². The van der Waals surface area contributed by atoms with Crippen LogP contribution in [0.25, 0.3) is 10.8 Å². The van der Waals surface area contributed by atoms with Gasteiger partial charge < -0.3 is 21.3 Å². The Morgan fingerprint density at radius 3 is 2.19 bits per heavy atom. The predicted molar refractivity (Wildman–Crippen MR) is 125 cm³/mol. The van der Waals surface area contributed by atoms with Gasteiger partial charge in [-0.3, -0.25) is 14.5 Å². The van der Waals surface area contributed by atoms with Crippen LogP contribution in [0.2, 0.25) is 5.02 Å². The molecule has 1 aromatic heterocycles. The molecule has 3 aromatic rings. The largest absolute Gasteiger partial charge is 0.490 e. The summed E-state index contributed by atoms with van der Waals surface area (Å²) in [7, 11) is -4.23. The van der Waals surface area contributed by atoms with Gasteiger partial charge in [0.2, 0.25) is 0 Å². The fraction of sp³-hybridized carbons (Fsp3) is 0.100. The number of carboxylic acids is 2. The molecule has 16 heteroatoms. The van der Waals surface area contributed by atoms with E-state index in [-0.39, 0.29) is 27.4 Å². The number of fused-ring (bicyclic) bond motifs is 1. The van der Waals surface area contributed by atoms with Crippen LogP contribution in [0.15, 0.2) is 59.6 Å². The molecule has 3 rings (SSSR count). The number of hydrogen-bond acceptors (Lipinski definition) is 6. The smallest absolute Gasteiger partial charge is 0.480 e. The van der Waals surface area contributed by atoms with Gasteiger partial charge in [0.15, 0.2) is 5.96 Å². The molecule has 0 radical (unpaired) electrons. The first kappa shape index (κ1) is 28.1. The highest BCUT2D eigenvalue weighted by molar-refractivity contribution is 7.92. The average Bonchev–Trinajstić information content (AvgIpc) is 2.79. The Bertz CT molecular complexity index is 1400. The van der Waals surface area contributed by atoms with Gasteiger partial charge in [-0.1, -0.05) is 35.9 Å². The lowest BCUT2D eigenvalue weighted by Gasteiger charge is -2.23. The zero-order chi connectivity index (χ0) is 27.3. The maximum absolute atomic E-state index is 13.3. The average molecular weight is 548 g/mol. The predicted octanol–water partition coefficient (Wildman–Crippen LogP) is 3.11. The number of carbonyl (C=O) groups is 2. The highest BCUT2D eigenvalue weighted by Crippen LogP contribution is 2.32. The van der Waals surface area contributed by atoms with Crippen molar-refractivity contribution in [3.63, 3.8) is 0 Å². The molecular weight excluding hydrogens is 531 g/mol. The van der Waals surface area contributed by atoms with Gasteiger partial charge in [0.05, 0.1) is 15.6 Å². The number of nitrogens with two attached hydrogens (primary N) is 1. The van der Waals surface area contributed by atoms with Gasteiger partial charge in [-0.05, 0) is 24.3 Å². The Morgan fingerprint density at radius 2 is 1.69 bits per heavy atom. The van der Waals surface area contributed by atoms with E-state index in [0.29, 0.717) is 10.8 Å². The number of alkyl halides is 3. The molecule has 6 N–H and O–H groups in total. The van der Waals surface area contributed by atoms with Gasteiger partial charge in [-0.25, -0.2) is 18.2 Å². The van der Waals surface area contributed by atoms with Crippen LogP contribution in [0.1, 0.15) is 0 Å². The minimum absolute atomic E-state index is 0.151. The Morgan fingerprint density at radius 1 is 1.11 bits per heavy atom. The lowest BCUT2D eigenvalue weighted by atomic mass is 10.1. The zero-order valence-corrected chi connectivity index (χ0v) is 19.4. The third-order valence-corrected chi connectivity index (χ3v) is 6.29. The number of guanidine groups is 1. The number of benzene rings is 2. The summed E-state index contributed by atoms with van der Waals surface area (Å²) in [5, 5.41) is 27.4. The highest BCUT2D eigenvalue weighted by atomic mass is 35.5. The second kappa shape index (κ2) is 11.1. The molecule has 0 bridgehead atoms. The van der Waals surface area contributed by atoms with E-state index in [1.807, 2.05) is 0 Å². The first-order valence-electron chi connectivity index (χ1n) is 9.43. The molecule has 2 aromatic carbocycles. The molecule has 0 atom stereocenters. The summed E-state index contributed by atoms with van der Waals surface area (Å²) in [6, 6.07) is 12.0. The minimum atomic E-state index is -5.08. The summed E-state index contributed by atoms with van der Waals surface area (Å²) in [4.78, 5) is 24.1. The van der Waals surface area contributed by atoms with E-state index in [9.17, 15) is 31.5 Å². The molecule has 0 aliphatic carbocycles. The molecule has 0 aliphatic heterocycles. The number of pyridine rings is 1. The maximum Gasteiger partial charge on any atom is 0.490 e. The van der Waals surface area contributed by atoms with Crippen molar-refractivity contribution in [1.29, 1.82) is 5.41 Å². The third kappa shape index (κ3) is 6.96. The van der Waals surface area contributed by atoms with E-state index >= 15 is 0 Å². The summed E-state index contributed by atoms with van der Waals surface area (Å²) in [5.74, 6) is -4.29. The molecule has 0 saturated heterocycles. The highest BCUT2D eigenvalue weighted by Gasteiger charge is 2.38. The number of hydrogen-bond donors (Lipinski definition) is 5. The van der Waals surface area contributed by atoms with Crippen LogP contribution in [-0.4, -0.2) is 54.2 Å². The van der Waals surface area contributed by atoms with Crippen molar-refractivity contribution < 1.29 is 41.4 Å². The van der Waals surface area contributed by atoms with Gasteiger partial charge in [0, 0.05) is 17.0 Å². The number of nitrogens with one attached hydrogen (secondary N) is 2.